The van der Waals surface area contributed by atoms with E-state index in [-0.39, 0.29) is 12.0 Å². The van der Waals surface area contributed by atoms with E-state index < -0.39 is 10.0 Å². The third-order valence-electron chi connectivity index (χ3n) is 5.31. The van der Waals surface area contributed by atoms with Gasteiger partial charge >= 0.3 is 0 Å². The molecule has 1 saturated heterocycles. The second-order valence-electron chi connectivity index (χ2n) is 7.57. The first-order chi connectivity index (χ1) is 11.3. The van der Waals surface area contributed by atoms with Gasteiger partial charge in [-0.15, -0.1) is 0 Å². The lowest BCUT2D eigenvalue weighted by molar-refractivity contribution is 0.364. The van der Waals surface area contributed by atoms with Crippen LogP contribution in [0.3, 0.4) is 0 Å². The van der Waals surface area contributed by atoms with E-state index in [9.17, 15) is 8.42 Å². The maximum Gasteiger partial charge on any atom is 0.225 e. The molecule has 1 aliphatic heterocycles. The number of hydrogen-bond acceptors (Lipinski definition) is 5. The molecule has 0 aromatic carbocycles. The molecule has 0 unspecified atom stereocenters. The second kappa shape index (κ2) is 6.96. The van der Waals surface area contributed by atoms with Crippen molar-refractivity contribution in [2.45, 2.75) is 51.5 Å². The van der Waals surface area contributed by atoms with E-state index in [2.05, 4.69) is 28.5 Å². The van der Waals surface area contributed by atoms with Gasteiger partial charge in [-0.05, 0) is 30.7 Å². The third-order valence-corrected chi connectivity index (χ3v) is 6.04. The van der Waals surface area contributed by atoms with Crippen LogP contribution in [-0.4, -0.2) is 43.8 Å². The van der Waals surface area contributed by atoms with Crippen LogP contribution >= 0.6 is 0 Å². The Morgan fingerprint density at radius 3 is 2.58 bits per heavy atom. The fourth-order valence-corrected chi connectivity index (χ4v) is 4.83. The van der Waals surface area contributed by atoms with Crippen LogP contribution in [0, 0.1) is 11.8 Å². The molecule has 2 fully saturated rings. The van der Waals surface area contributed by atoms with E-state index in [0.29, 0.717) is 18.4 Å². The van der Waals surface area contributed by atoms with Crippen molar-refractivity contribution >= 4 is 16.0 Å². The van der Waals surface area contributed by atoms with Gasteiger partial charge in [0.1, 0.15) is 0 Å². The van der Waals surface area contributed by atoms with Crippen LogP contribution in [0.5, 0.6) is 0 Å². The highest BCUT2D eigenvalue weighted by molar-refractivity contribution is 7.88. The van der Waals surface area contributed by atoms with Crippen LogP contribution in [0.15, 0.2) is 12.3 Å². The molecule has 0 radical (unpaired) electrons. The topological polar surface area (TPSA) is 75.2 Å². The van der Waals surface area contributed by atoms with Crippen LogP contribution in [0.4, 0.5) is 5.95 Å². The van der Waals surface area contributed by atoms with Crippen LogP contribution in [0.2, 0.25) is 0 Å². The predicted molar refractivity (Wildman–Crippen MR) is 95.5 cm³/mol. The van der Waals surface area contributed by atoms with Crippen molar-refractivity contribution in [2.24, 2.45) is 11.8 Å². The molecule has 2 aliphatic rings. The summed E-state index contributed by atoms with van der Waals surface area (Å²) in [5.74, 6) is 1.95. The van der Waals surface area contributed by atoms with Crippen molar-refractivity contribution in [2.75, 3.05) is 24.2 Å². The molecule has 1 aromatic heterocycles. The molecule has 0 spiro atoms. The Morgan fingerprint density at radius 2 is 1.96 bits per heavy atom. The molecule has 1 aromatic rings. The van der Waals surface area contributed by atoms with E-state index in [1.54, 1.807) is 0 Å². The summed E-state index contributed by atoms with van der Waals surface area (Å²) in [7, 11) is -3.22. The number of nitrogens with zero attached hydrogens (tertiary/aromatic N) is 3. The number of anilines is 1. The highest BCUT2D eigenvalue weighted by Gasteiger charge is 2.37. The fourth-order valence-electron chi connectivity index (χ4n) is 4.03. The summed E-state index contributed by atoms with van der Waals surface area (Å²) in [5.41, 5.74) is 1.14. The minimum Gasteiger partial charge on any atom is -0.339 e. The summed E-state index contributed by atoms with van der Waals surface area (Å²) in [6.07, 6.45) is 8.06. The van der Waals surface area contributed by atoms with Crippen LogP contribution in [0.25, 0.3) is 0 Å². The minimum atomic E-state index is -3.22. The summed E-state index contributed by atoms with van der Waals surface area (Å²) in [6, 6.07) is 1.94. The molecule has 0 amide bonds. The Kier molecular flexibility index (Phi) is 5.11. The highest BCUT2D eigenvalue weighted by atomic mass is 32.2. The molecule has 7 heteroatoms. The van der Waals surface area contributed by atoms with Crippen molar-refractivity contribution < 1.29 is 8.42 Å². The van der Waals surface area contributed by atoms with Crippen molar-refractivity contribution in [1.82, 2.24) is 14.7 Å². The number of rotatable bonds is 5. The SMILES string of the molecule is CC(C)[C@@H]1CN(c2nccc(C3CCCC3)n2)C[C@H]1NS(C)(=O)=O. The zero-order valence-electron chi connectivity index (χ0n) is 14.8. The maximum absolute atomic E-state index is 11.7. The number of nitrogens with one attached hydrogen (secondary N) is 1. The van der Waals surface area contributed by atoms with Gasteiger partial charge < -0.3 is 4.90 Å². The van der Waals surface area contributed by atoms with E-state index in [1.165, 1.54) is 31.9 Å². The molecule has 1 saturated carbocycles. The van der Waals surface area contributed by atoms with Crippen LogP contribution in [0.1, 0.15) is 51.1 Å². The van der Waals surface area contributed by atoms with E-state index in [0.717, 1.165) is 18.2 Å². The molecule has 2 atom stereocenters. The largest absolute Gasteiger partial charge is 0.339 e. The molecule has 1 aliphatic carbocycles. The first kappa shape index (κ1) is 17.6. The molecule has 6 nitrogen and oxygen atoms in total. The van der Waals surface area contributed by atoms with Gasteiger partial charge in [0.05, 0.1) is 6.26 Å². The Labute approximate surface area is 145 Å². The van der Waals surface area contributed by atoms with E-state index >= 15 is 0 Å². The number of hydrogen-bond donors (Lipinski definition) is 1. The summed E-state index contributed by atoms with van der Waals surface area (Å²) < 4.78 is 26.1. The Hall–Kier alpha value is -1.21. The summed E-state index contributed by atoms with van der Waals surface area (Å²) in [4.78, 5) is 11.4. The number of sulfonamides is 1. The van der Waals surface area contributed by atoms with Crippen LogP contribution < -0.4 is 9.62 Å². The van der Waals surface area contributed by atoms with Gasteiger partial charge in [0, 0.05) is 36.9 Å². The fraction of sp³-hybridized carbons (Fsp3) is 0.765. The zero-order valence-corrected chi connectivity index (χ0v) is 15.6. The summed E-state index contributed by atoms with van der Waals surface area (Å²) in [5, 5.41) is 0. The standard InChI is InChI=1S/C17H28N4O2S/c1-12(2)14-10-21(11-16(14)20-24(3,22)23)17-18-9-8-15(19-17)13-6-4-5-7-13/h8-9,12-14,16,20H,4-7,10-11H2,1-3H3/t14-,16+/m0/s1. The smallest absolute Gasteiger partial charge is 0.225 e. The van der Waals surface area contributed by atoms with Gasteiger partial charge in [-0.2, -0.15) is 0 Å². The average Bonchev–Trinajstić information content (AvgIpc) is 3.15. The molecule has 3 rings (SSSR count). The highest BCUT2D eigenvalue weighted by Crippen LogP contribution is 2.34. The van der Waals surface area contributed by atoms with Gasteiger partial charge in [-0.3, -0.25) is 0 Å². The third kappa shape index (κ3) is 4.06. The molecule has 0 bridgehead atoms. The average molecular weight is 353 g/mol. The zero-order chi connectivity index (χ0) is 17.3. The van der Waals surface area contributed by atoms with Crippen LogP contribution in [-0.2, 0) is 10.0 Å². The van der Waals surface area contributed by atoms with Gasteiger partial charge in [-0.1, -0.05) is 26.7 Å². The van der Waals surface area contributed by atoms with Crippen molar-refractivity contribution in [1.29, 1.82) is 0 Å². The summed E-state index contributed by atoms with van der Waals surface area (Å²) >= 11 is 0. The van der Waals surface area contributed by atoms with Gasteiger partial charge in [0.15, 0.2) is 0 Å². The molecule has 2 heterocycles. The molecular weight excluding hydrogens is 324 g/mol. The van der Waals surface area contributed by atoms with E-state index in [1.807, 2.05) is 12.3 Å². The monoisotopic (exact) mass is 352 g/mol. The van der Waals surface area contributed by atoms with Crippen molar-refractivity contribution in [3.63, 3.8) is 0 Å². The van der Waals surface area contributed by atoms with Crippen molar-refractivity contribution in [3.05, 3.63) is 18.0 Å². The maximum atomic E-state index is 11.7. The van der Waals surface area contributed by atoms with Gasteiger partial charge in [-0.25, -0.2) is 23.1 Å². The lowest BCUT2D eigenvalue weighted by Gasteiger charge is -2.21. The van der Waals surface area contributed by atoms with Crippen molar-refractivity contribution in [3.8, 4) is 0 Å². The second-order valence-corrected chi connectivity index (χ2v) is 9.35. The first-order valence-electron chi connectivity index (χ1n) is 8.88. The van der Waals surface area contributed by atoms with Gasteiger partial charge in [0.2, 0.25) is 16.0 Å². The quantitative estimate of drug-likeness (QED) is 0.879. The number of aromatic nitrogens is 2. The Balaban J connectivity index is 1.78. The Bertz CT molecular complexity index is 671. The first-order valence-corrected chi connectivity index (χ1v) is 10.8. The molecule has 1 N–H and O–H groups in total. The normalized spacial score (nSPS) is 25.8. The lowest BCUT2D eigenvalue weighted by Crippen LogP contribution is -2.41. The summed E-state index contributed by atoms with van der Waals surface area (Å²) in [6.45, 7) is 5.70. The molecular formula is C17H28N4O2S. The molecule has 24 heavy (non-hydrogen) atoms. The molecule has 134 valence electrons. The minimum absolute atomic E-state index is 0.0845. The predicted octanol–water partition coefficient (Wildman–Crippen LogP) is 2.14. The van der Waals surface area contributed by atoms with E-state index in [4.69, 9.17) is 4.98 Å². The van der Waals surface area contributed by atoms with Gasteiger partial charge in [0.25, 0.3) is 0 Å². The lowest BCUT2D eigenvalue weighted by atomic mass is 9.92. The Morgan fingerprint density at radius 1 is 1.25 bits per heavy atom.